The van der Waals surface area contributed by atoms with Crippen LogP contribution in [0, 0.1) is 18.6 Å². The zero-order chi connectivity index (χ0) is 25.8. The Morgan fingerprint density at radius 3 is 2.64 bits per heavy atom. The molecule has 1 saturated heterocycles. The van der Waals surface area contributed by atoms with E-state index in [2.05, 4.69) is 21.5 Å². The first-order chi connectivity index (χ1) is 17.3. The third-order valence-corrected chi connectivity index (χ3v) is 6.20. The Labute approximate surface area is 208 Å². The van der Waals surface area contributed by atoms with Gasteiger partial charge in [-0.25, -0.2) is 18.7 Å². The molecule has 1 aliphatic rings. The Morgan fingerprint density at radius 1 is 1.19 bits per heavy atom. The number of anilines is 1. The number of benzene rings is 2. The van der Waals surface area contributed by atoms with E-state index in [9.17, 15) is 5.11 Å². The van der Waals surface area contributed by atoms with Crippen LogP contribution in [0.25, 0.3) is 22.2 Å². The first-order valence-electron chi connectivity index (χ1n) is 11.5. The second kappa shape index (κ2) is 10.9. The van der Waals surface area contributed by atoms with Gasteiger partial charge in [0.15, 0.2) is 0 Å². The molecule has 0 aliphatic carbocycles. The predicted molar refractivity (Wildman–Crippen MR) is 136 cm³/mol. The van der Waals surface area contributed by atoms with E-state index in [1.165, 1.54) is 43.9 Å². The number of aryl methyl sites for hydroxylation is 1. The molecular formula is C27H28F2N4O3. The number of hydrogen-bond donors (Lipinski definition) is 1. The predicted octanol–water partition coefficient (Wildman–Crippen LogP) is 4.89. The van der Waals surface area contributed by atoms with Crippen molar-refractivity contribution in [3.63, 3.8) is 0 Å². The molecular weight excluding hydrogens is 466 g/mol. The van der Waals surface area contributed by atoms with Crippen LogP contribution in [0.15, 0.2) is 59.7 Å². The second-order valence-corrected chi connectivity index (χ2v) is 8.39. The smallest absolute Gasteiger partial charge is 0.136 e. The summed E-state index contributed by atoms with van der Waals surface area (Å²) in [6.45, 7) is 9.34. The lowest BCUT2D eigenvalue weighted by Crippen LogP contribution is -2.36. The number of aliphatic hydroxyl groups is 1. The average molecular weight is 495 g/mol. The van der Waals surface area contributed by atoms with E-state index >= 15 is 8.78 Å². The normalized spacial score (nSPS) is 15.8. The largest absolute Gasteiger partial charge is 0.499 e. The number of aliphatic imine (C=N–C) groups is 1. The summed E-state index contributed by atoms with van der Waals surface area (Å²) >= 11 is 0. The van der Waals surface area contributed by atoms with E-state index in [1.54, 1.807) is 19.9 Å². The van der Waals surface area contributed by atoms with E-state index in [4.69, 9.17) is 9.47 Å². The lowest BCUT2D eigenvalue weighted by molar-refractivity contribution is 0.122. The molecule has 0 spiro atoms. The number of methoxy groups -OCH3 is 1. The van der Waals surface area contributed by atoms with Gasteiger partial charge < -0.3 is 19.5 Å². The molecule has 1 aliphatic heterocycles. The minimum Gasteiger partial charge on any atom is -0.499 e. The molecule has 36 heavy (non-hydrogen) atoms. The van der Waals surface area contributed by atoms with Crippen LogP contribution >= 0.6 is 0 Å². The molecule has 3 aromatic rings. The quantitative estimate of drug-likeness (QED) is 0.372. The van der Waals surface area contributed by atoms with E-state index < -0.39 is 17.7 Å². The third kappa shape index (κ3) is 4.98. The highest BCUT2D eigenvalue weighted by Crippen LogP contribution is 2.36. The molecule has 0 saturated carbocycles. The summed E-state index contributed by atoms with van der Waals surface area (Å²) in [5.41, 5.74) is 2.30. The number of hydrogen-bond acceptors (Lipinski definition) is 7. The lowest BCUT2D eigenvalue weighted by Gasteiger charge is -2.29. The summed E-state index contributed by atoms with van der Waals surface area (Å²) in [4.78, 5) is 14.7. The maximum Gasteiger partial charge on any atom is 0.136 e. The van der Waals surface area contributed by atoms with Gasteiger partial charge in [0, 0.05) is 30.6 Å². The molecule has 9 heteroatoms. The topological polar surface area (TPSA) is 80.1 Å². The fourth-order valence-electron chi connectivity index (χ4n) is 4.24. The zero-order valence-corrected chi connectivity index (χ0v) is 20.5. The summed E-state index contributed by atoms with van der Waals surface area (Å²) in [5.74, 6) is -0.762. The third-order valence-electron chi connectivity index (χ3n) is 6.20. The van der Waals surface area contributed by atoms with Crippen LogP contribution in [0.5, 0.6) is 0 Å². The van der Waals surface area contributed by atoms with Gasteiger partial charge in [-0.2, -0.15) is 0 Å². The highest BCUT2D eigenvalue weighted by Gasteiger charge is 2.23. The monoisotopic (exact) mass is 494 g/mol. The van der Waals surface area contributed by atoms with Crippen LogP contribution < -0.4 is 4.90 Å². The van der Waals surface area contributed by atoms with Crippen molar-refractivity contribution < 1.29 is 23.4 Å². The molecule has 1 atom stereocenters. The van der Waals surface area contributed by atoms with Crippen molar-refractivity contribution >= 4 is 22.8 Å². The minimum absolute atomic E-state index is 0.0437. The first kappa shape index (κ1) is 25.4. The maximum absolute atomic E-state index is 15.5. The molecule has 188 valence electrons. The summed E-state index contributed by atoms with van der Waals surface area (Å²) in [7, 11) is 1.47. The summed E-state index contributed by atoms with van der Waals surface area (Å²) in [5, 5.41) is 11.3. The van der Waals surface area contributed by atoms with E-state index in [-0.39, 0.29) is 22.3 Å². The molecule has 1 N–H and O–H groups in total. The Morgan fingerprint density at radius 2 is 1.94 bits per heavy atom. The zero-order valence-electron chi connectivity index (χ0n) is 20.5. The molecule has 7 nitrogen and oxygen atoms in total. The molecule has 2 heterocycles. The molecule has 0 bridgehead atoms. The number of rotatable bonds is 7. The number of aromatic nitrogens is 2. The van der Waals surface area contributed by atoms with E-state index in [1.807, 2.05) is 4.90 Å². The number of halogens is 2. The van der Waals surface area contributed by atoms with Crippen molar-refractivity contribution in [2.24, 2.45) is 4.99 Å². The van der Waals surface area contributed by atoms with Crippen LogP contribution in [0.2, 0.25) is 0 Å². The van der Waals surface area contributed by atoms with Gasteiger partial charge in [0.2, 0.25) is 0 Å². The number of ether oxygens (including phenoxy) is 2. The van der Waals surface area contributed by atoms with Gasteiger partial charge in [0.1, 0.15) is 35.5 Å². The van der Waals surface area contributed by atoms with Crippen molar-refractivity contribution in [1.82, 2.24) is 9.97 Å². The van der Waals surface area contributed by atoms with Gasteiger partial charge in [0.25, 0.3) is 0 Å². The molecule has 0 radical (unpaired) electrons. The van der Waals surface area contributed by atoms with Gasteiger partial charge in [-0.1, -0.05) is 12.7 Å². The molecule has 0 amide bonds. The van der Waals surface area contributed by atoms with Crippen molar-refractivity contribution in [3.05, 3.63) is 77.5 Å². The second-order valence-electron chi connectivity index (χ2n) is 8.39. The van der Waals surface area contributed by atoms with Crippen LogP contribution in [0.3, 0.4) is 0 Å². The van der Waals surface area contributed by atoms with Crippen molar-refractivity contribution in [2.45, 2.75) is 20.0 Å². The minimum atomic E-state index is -1.23. The van der Waals surface area contributed by atoms with E-state index in [0.717, 1.165) is 0 Å². The summed E-state index contributed by atoms with van der Waals surface area (Å²) < 4.78 is 41.4. The SMILES string of the molecule is C=C/C=N\C(=C(/C)OC)C(O)c1cc(-c2ncnc3cc(N4CCOCC4)cc(F)c23)c(F)cc1C. The average Bonchev–Trinajstić information content (AvgIpc) is 2.88. The van der Waals surface area contributed by atoms with E-state index in [0.29, 0.717) is 54.4 Å². The Bertz CT molecular complexity index is 1350. The molecule has 1 aromatic heterocycles. The number of fused-ring (bicyclic) bond motifs is 1. The fraction of sp³-hybridized carbons (Fsp3) is 0.296. The molecule has 1 unspecified atom stereocenters. The highest BCUT2D eigenvalue weighted by atomic mass is 19.1. The van der Waals surface area contributed by atoms with Crippen LogP contribution in [-0.4, -0.2) is 54.7 Å². The fourth-order valence-corrected chi connectivity index (χ4v) is 4.24. The highest BCUT2D eigenvalue weighted by molar-refractivity contribution is 5.94. The van der Waals surface area contributed by atoms with Gasteiger partial charge in [-0.3, -0.25) is 4.99 Å². The molecule has 1 fully saturated rings. The van der Waals surface area contributed by atoms with Crippen molar-refractivity contribution in [2.75, 3.05) is 38.3 Å². The van der Waals surface area contributed by atoms with Crippen molar-refractivity contribution in [1.29, 1.82) is 0 Å². The van der Waals surface area contributed by atoms with Gasteiger partial charge in [0.05, 0.1) is 36.9 Å². The number of aliphatic hydroxyl groups excluding tert-OH is 1. The Kier molecular flexibility index (Phi) is 7.71. The number of morpholine rings is 1. The van der Waals surface area contributed by atoms with Gasteiger partial charge in [-0.15, -0.1) is 0 Å². The molecule has 4 rings (SSSR count). The first-order valence-corrected chi connectivity index (χ1v) is 11.5. The number of allylic oxidation sites excluding steroid dienone is 2. The van der Waals surface area contributed by atoms with Crippen LogP contribution in [-0.2, 0) is 9.47 Å². The Balaban J connectivity index is 1.85. The maximum atomic E-state index is 15.5. The van der Waals surface area contributed by atoms with Gasteiger partial charge >= 0.3 is 0 Å². The standard InChI is InChI=1S/C27H28F2N4O3/c1-5-6-30-25(17(3)35-4)27(34)19-14-20(21(28)11-16(19)2)26-24-22(29)12-18(13-23(24)31-15-32-26)33-7-9-36-10-8-33/h5-6,11-15,27,34H,1,7-10H2,2-4H3/b25-17+,30-6-. The molecule has 2 aromatic carbocycles. The van der Waals surface area contributed by atoms with Crippen LogP contribution in [0.4, 0.5) is 14.5 Å². The summed E-state index contributed by atoms with van der Waals surface area (Å²) in [6, 6.07) is 5.94. The number of nitrogens with zero attached hydrogens (tertiary/aromatic N) is 4. The van der Waals surface area contributed by atoms with Gasteiger partial charge in [-0.05, 0) is 49.2 Å². The Hall–Kier alpha value is -3.69. The lowest BCUT2D eigenvalue weighted by atomic mass is 9.95. The summed E-state index contributed by atoms with van der Waals surface area (Å²) in [6.07, 6.45) is 2.95. The van der Waals surface area contributed by atoms with Crippen molar-refractivity contribution in [3.8, 4) is 11.3 Å². The van der Waals surface area contributed by atoms with Crippen LogP contribution in [0.1, 0.15) is 24.2 Å².